The fourth-order valence-electron chi connectivity index (χ4n) is 2.01. The molecule has 1 heterocycles. The molecule has 0 fully saturated rings. The highest BCUT2D eigenvalue weighted by atomic mass is 35.5. The first kappa shape index (κ1) is 12.7. The van der Waals surface area contributed by atoms with Gasteiger partial charge in [0.25, 0.3) is 0 Å². The first-order valence-corrected chi connectivity index (χ1v) is 6.11. The van der Waals surface area contributed by atoms with E-state index in [1.165, 1.54) is 0 Å². The second-order valence-electron chi connectivity index (χ2n) is 3.95. The third kappa shape index (κ3) is 2.26. The van der Waals surface area contributed by atoms with Crippen molar-refractivity contribution in [2.45, 2.75) is 13.3 Å². The number of oxime groups is 1. The van der Waals surface area contributed by atoms with Crippen LogP contribution in [0.1, 0.15) is 18.9 Å². The zero-order valence-corrected chi connectivity index (χ0v) is 10.7. The minimum atomic E-state index is -0.155. The van der Waals surface area contributed by atoms with Crippen molar-refractivity contribution in [3.63, 3.8) is 0 Å². The van der Waals surface area contributed by atoms with E-state index in [1.807, 2.05) is 6.92 Å². The largest absolute Gasteiger partial charge is 0.411 e. The van der Waals surface area contributed by atoms with Gasteiger partial charge in [0.15, 0.2) is 0 Å². The van der Waals surface area contributed by atoms with E-state index in [1.54, 1.807) is 23.1 Å². The first-order chi connectivity index (χ1) is 8.67. The van der Waals surface area contributed by atoms with Crippen molar-refractivity contribution < 1.29 is 10.0 Å². The standard InChI is InChI=1S/C12H14ClN3O2/c1-2-14-12(17)16-6-5-10(15-18)9-7-8(13)3-4-11(9)16/h3-4,7,18H,2,5-6H2,1H3,(H,14,17)/b15-10-. The predicted octanol–water partition coefficient (Wildman–Crippen LogP) is 2.46. The van der Waals surface area contributed by atoms with Gasteiger partial charge in [0, 0.05) is 30.1 Å². The molecule has 5 nitrogen and oxygen atoms in total. The molecule has 96 valence electrons. The first-order valence-electron chi connectivity index (χ1n) is 5.73. The summed E-state index contributed by atoms with van der Waals surface area (Å²) in [5.41, 5.74) is 1.96. The Morgan fingerprint density at radius 3 is 3.06 bits per heavy atom. The molecule has 0 saturated carbocycles. The zero-order valence-electron chi connectivity index (χ0n) is 9.98. The smallest absolute Gasteiger partial charge is 0.321 e. The molecule has 1 aliphatic heterocycles. The molecule has 0 spiro atoms. The second kappa shape index (κ2) is 5.27. The molecule has 2 N–H and O–H groups in total. The van der Waals surface area contributed by atoms with Crippen LogP contribution in [0.5, 0.6) is 0 Å². The number of urea groups is 1. The number of amides is 2. The Morgan fingerprint density at radius 2 is 2.39 bits per heavy atom. The number of carbonyl (C=O) groups excluding carboxylic acids is 1. The molecule has 0 unspecified atom stereocenters. The number of nitrogens with one attached hydrogen (secondary N) is 1. The van der Waals surface area contributed by atoms with Crippen LogP contribution in [-0.2, 0) is 0 Å². The van der Waals surface area contributed by atoms with Gasteiger partial charge < -0.3 is 10.5 Å². The van der Waals surface area contributed by atoms with Gasteiger partial charge in [-0.1, -0.05) is 16.8 Å². The number of hydrogen-bond acceptors (Lipinski definition) is 3. The average Bonchev–Trinajstić information content (AvgIpc) is 2.37. The number of carbonyl (C=O) groups is 1. The second-order valence-corrected chi connectivity index (χ2v) is 4.38. The summed E-state index contributed by atoms with van der Waals surface area (Å²) in [6, 6.07) is 5.03. The normalized spacial score (nSPS) is 16.6. The van der Waals surface area contributed by atoms with Gasteiger partial charge in [-0.2, -0.15) is 0 Å². The summed E-state index contributed by atoms with van der Waals surface area (Å²) in [7, 11) is 0. The van der Waals surface area contributed by atoms with Crippen molar-refractivity contribution >= 4 is 29.0 Å². The fraction of sp³-hybridized carbons (Fsp3) is 0.333. The van der Waals surface area contributed by atoms with Crippen molar-refractivity contribution in [1.29, 1.82) is 0 Å². The van der Waals surface area contributed by atoms with Gasteiger partial charge >= 0.3 is 6.03 Å². The minimum Gasteiger partial charge on any atom is -0.411 e. The Balaban J connectivity index is 2.43. The average molecular weight is 268 g/mol. The maximum absolute atomic E-state index is 11.9. The summed E-state index contributed by atoms with van der Waals surface area (Å²) < 4.78 is 0. The molecular weight excluding hydrogens is 254 g/mol. The maximum Gasteiger partial charge on any atom is 0.321 e. The number of hydrogen-bond donors (Lipinski definition) is 2. The molecule has 2 amide bonds. The van der Waals surface area contributed by atoms with Crippen LogP contribution in [0, 0.1) is 0 Å². The lowest BCUT2D eigenvalue weighted by atomic mass is 10.00. The molecule has 6 heteroatoms. The Hall–Kier alpha value is -1.75. The number of nitrogens with zero attached hydrogens (tertiary/aromatic N) is 2. The topological polar surface area (TPSA) is 64.9 Å². The molecule has 18 heavy (non-hydrogen) atoms. The van der Waals surface area contributed by atoms with E-state index in [0.29, 0.717) is 41.5 Å². The Labute approximate surface area is 110 Å². The van der Waals surface area contributed by atoms with Gasteiger partial charge in [-0.25, -0.2) is 4.79 Å². The van der Waals surface area contributed by atoms with Crippen molar-refractivity contribution in [3.05, 3.63) is 28.8 Å². The van der Waals surface area contributed by atoms with E-state index >= 15 is 0 Å². The van der Waals surface area contributed by atoms with E-state index in [-0.39, 0.29) is 6.03 Å². The lowest BCUT2D eigenvalue weighted by Gasteiger charge is -2.29. The van der Waals surface area contributed by atoms with Crippen LogP contribution in [0.2, 0.25) is 5.02 Å². The van der Waals surface area contributed by atoms with Crippen molar-refractivity contribution in [3.8, 4) is 0 Å². The Bertz CT molecular complexity index is 502. The van der Waals surface area contributed by atoms with Crippen LogP contribution < -0.4 is 10.2 Å². The van der Waals surface area contributed by atoms with Gasteiger partial charge in [-0.3, -0.25) is 4.90 Å². The minimum absolute atomic E-state index is 0.155. The van der Waals surface area contributed by atoms with Crippen LogP contribution in [0.3, 0.4) is 0 Å². The molecule has 0 saturated heterocycles. The van der Waals surface area contributed by atoms with Gasteiger partial charge in [-0.05, 0) is 25.1 Å². The lowest BCUT2D eigenvalue weighted by molar-refractivity contribution is 0.246. The van der Waals surface area contributed by atoms with Crippen molar-refractivity contribution in [1.82, 2.24) is 5.32 Å². The highest BCUT2D eigenvalue weighted by molar-refractivity contribution is 6.31. The highest BCUT2D eigenvalue weighted by Gasteiger charge is 2.26. The van der Waals surface area contributed by atoms with E-state index in [2.05, 4.69) is 10.5 Å². The predicted molar refractivity (Wildman–Crippen MR) is 70.8 cm³/mol. The van der Waals surface area contributed by atoms with Crippen molar-refractivity contribution in [2.24, 2.45) is 5.16 Å². The molecule has 0 atom stereocenters. The maximum atomic E-state index is 11.9. The monoisotopic (exact) mass is 267 g/mol. The van der Waals surface area contributed by atoms with E-state index < -0.39 is 0 Å². The summed E-state index contributed by atoms with van der Waals surface area (Å²) in [6.07, 6.45) is 0.501. The number of halogens is 1. The fourth-order valence-corrected chi connectivity index (χ4v) is 2.18. The summed E-state index contributed by atoms with van der Waals surface area (Å²) in [5.74, 6) is 0. The van der Waals surface area contributed by atoms with E-state index in [4.69, 9.17) is 16.8 Å². The van der Waals surface area contributed by atoms with E-state index in [9.17, 15) is 4.79 Å². The SMILES string of the molecule is CCNC(=O)N1CC/C(=N/O)c2cc(Cl)ccc21. The number of rotatable bonds is 1. The molecule has 2 rings (SSSR count). The van der Waals surface area contributed by atoms with Crippen LogP contribution in [-0.4, -0.2) is 30.0 Å². The summed E-state index contributed by atoms with van der Waals surface area (Å²) >= 11 is 5.93. The van der Waals surface area contributed by atoms with Crippen LogP contribution in [0.15, 0.2) is 23.4 Å². The third-order valence-electron chi connectivity index (χ3n) is 2.83. The van der Waals surface area contributed by atoms with Crippen LogP contribution in [0.4, 0.5) is 10.5 Å². The Kier molecular flexibility index (Phi) is 3.72. The Morgan fingerprint density at radius 1 is 1.61 bits per heavy atom. The van der Waals surface area contributed by atoms with E-state index in [0.717, 1.165) is 0 Å². The molecular formula is C12H14ClN3O2. The van der Waals surface area contributed by atoms with Gasteiger partial charge in [0.05, 0.1) is 11.4 Å². The molecule has 0 radical (unpaired) electrons. The molecule has 0 aliphatic carbocycles. The third-order valence-corrected chi connectivity index (χ3v) is 3.06. The molecule has 0 bridgehead atoms. The number of benzene rings is 1. The zero-order chi connectivity index (χ0) is 13.1. The van der Waals surface area contributed by atoms with Crippen LogP contribution in [0.25, 0.3) is 0 Å². The van der Waals surface area contributed by atoms with Gasteiger partial charge in [0.1, 0.15) is 0 Å². The number of fused-ring (bicyclic) bond motifs is 1. The van der Waals surface area contributed by atoms with Crippen LogP contribution >= 0.6 is 11.6 Å². The summed E-state index contributed by atoms with van der Waals surface area (Å²) in [5, 5.41) is 15.6. The number of anilines is 1. The molecule has 1 aromatic carbocycles. The lowest BCUT2D eigenvalue weighted by Crippen LogP contribution is -2.44. The molecule has 1 aliphatic rings. The van der Waals surface area contributed by atoms with Gasteiger partial charge in [-0.15, -0.1) is 0 Å². The molecule has 0 aromatic heterocycles. The van der Waals surface area contributed by atoms with Crippen molar-refractivity contribution in [2.75, 3.05) is 18.0 Å². The quantitative estimate of drug-likeness (QED) is 0.606. The summed E-state index contributed by atoms with van der Waals surface area (Å²) in [4.78, 5) is 13.5. The molecule has 1 aromatic rings. The summed E-state index contributed by atoms with van der Waals surface area (Å²) in [6.45, 7) is 2.92. The highest BCUT2D eigenvalue weighted by Crippen LogP contribution is 2.30. The van der Waals surface area contributed by atoms with Gasteiger partial charge in [0.2, 0.25) is 0 Å².